The summed E-state index contributed by atoms with van der Waals surface area (Å²) in [7, 11) is -8.35. The molecule has 0 aliphatic carbocycles. The molecule has 0 saturated heterocycles. The average Bonchev–Trinajstić information content (AvgIpc) is 2.89. The van der Waals surface area contributed by atoms with Crippen molar-refractivity contribution in [2.75, 3.05) is 0 Å². The smallest absolute Gasteiger partial charge is 0.308 e. The molecule has 0 unspecified atom stereocenters. The summed E-state index contributed by atoms with van der Waals surface area (Å²) < 4.78 is 64.5. The molecule has 0 rings (SSSR count). The van der Waals surface area contributed by atoms with Crippen molar-refractivity contribution < 1.29 is 25.5 Å². The summed E-state index contributed by atoms with van der Waals surface area (Å²) in [6.07, 6.45) is 37.3. The molecule has 0 aromatic rings. The van der Waals surface area contributed by atoms with Crippen LogP contribution in [0.4, 0.5) is 13.2 Å². The Hall–Kier alpha value is -0.0831. The SMILES string of the molecule is CCCCCCCCCCCCCCCCCCCCCCCCCCCCCC[Si](C)(C)OS(=O)(=O)C(F)(F)F. The molecule has 0 heterocycles. The topological polar surface area (TPSA) is 43.4 Å². The lowest BCUT2D eigenvalue weighted by Gasteiger charge is -2.22. The molecule has 8 heteroatoms. The molecule has 248 valence electrons. The van der Waals surface area contributed by atoms with Crippen molar-refractivity contribution in [1.29, 1.82) is 0 Å². The van der Waals surface area contributed by atoms with E-state index in [4.69, 9.17) is 0 Å². The molecule has 0 aliphatic heterocycles. The minimum Gasteiger partial charge on any atom is -0.308 e. The molecule has 0 amide bonds. The highest BCUT2D eigenvalue weighted by molar-refractivity contribution is 7.88. The van der Waals surface area contributed by atoms with E-state index in [2.05, 4.69) is 10.8 Å². The quantitative estimate of drug-likeness (QED) is 0.0436. The van der Waals surface area contributed by atoms with Gasteiger partial charge in [0.05, 0.1) is 0 Å². The zero-order chi connectivity index (χ0) is 30.7. The second-order valence-corrected chi connectivity index (χ2v) is 19.1. The van der Waals surface area contributed by atoms with Crippen molar-refractivity contribution in [1.82, 2.24) is 0 Å². The molecule has 0 atom stereocenters. The Morgan fingerprint density at radius 2 is 0.683 bits per heavy atom. The number of hydrogen-bond donors (Lipinski definition) is 0. The Labute approximate surface area is 254 Å². The molecule has 0 spiro atoms. The molecule has 0 saturated carbocycles. The van der Waals surface area contributed by atoms with E-state index in [1.165, 1.54) is 167 Å². The van der Waals surface area contributed by atoms with Gasteiger partial charge in [0.15, 0.2) is 0 Å². The van der Waals surface area contributed by atoms with E-state index in [9.17, 15) is 21.6 Å². The fourth-order valence-corrected chi connectivity index (χ4v) is 9.79. The summed E-state index contributed by atoms with van der Waals surface area (Å²) in [5, 5.41) is 0. The second-order valence-electron chi connectivity index (χ2n) is 13.0. The fraction of sp³-hybridized carbons (Fsp3) is 1.00. The highest BCUT2D eigenvalue weighted by Gasteiger charge is 2.50. The van der Waals surface area contributed by atoms with Crippen molar-refractivity contribution in [2.45, 2.75) is 211 Å². The van der Waals surface area contributed by atoms with Crippen molar-refractivity contribution in [3.8, 4) is 0 Å². The van der Waals surface area contributed by atoms with Crippen LogP contribution in [0, 0.1) is 0 Å². The predicted molar refractivity (Wildman–Crippen MR) is 173 cm³/mol. The van der Waals surface area contributed by atoms with E-state index in [0.29, 0.717) is 6.04 Å². The highest BCUT2D eigenvalue weighted by atomic mass is 32.2. The molecule has 0 aliphatic rings. The minimum atomic E-state index is -5.47. The summed E-state index contributed by atoms with van der Waals surface area (Å²) in [6.45, 7) is 5.36. The zero-order valence-corrected chi connectivity index (χ0v) is 29.1. The maximum Gasteiger partial charge on any atom is 0.522 e. The summed E-state index contributed by atoms with van der Waals surface area (Å²) in [4.78, 5) is 0. The Kier molecular flexibility index (Phi) is 26.3. The van der Waals surface area contributed by atoms with Gasteiger partial charge in [-0.15, -0.1) is 0 Å². The lowest BCUT2D eigenvalue weighted by Crippen LogP contribution is -2.38. The van der Waals surface area contributed by atoms with Crippen molar-refractivity contribution in [3.63, 3.8) is 0 Å². The molecule has 0 aromatic heterocycles. The van der Waals surface area contributed by atoms with Crippen LogP contribution in [0.2, 0.25) is 19.1 Å². The molecule has 3 nitrogen and oxygen atoms in total. The summed E-state index contributed by atoms with van der Waals surface area (Å²) in [6, 6.07) is 0.432. The largest absolute Gasteiger partial charge is 0.522 e. The monoisotopic (exact) mass is 628 g/mol. The first kappa shape index (κ1) is 40.9. The van der Waals surface area contributed by atoms with Gasteiger partial charge in [0.2, 0.25) is 8.32 Å². The van der Waals surface area contributed by atoms with E-state index in [1.807, 2.05) is 0 Å². The molecule has 0 radical (unpaired) electrons. The first-order valence-electron chi connectivity index (χ1n) is 17.5. The Morgan fingerprint density at radius 3 is 0.902 bits per heavy atom. The summed E-state index contributed by atoms with van der Waals surface area (Å²) >= 11 is 0. The summed E-state index contributed by atoms with van der Waals surface area (Å²) in [5.74, 6) is 0. The minimum absolute atomic E-state index is 0.432. The highest BCUT2D eigenvalue weighted by Crippen LogP contribution is 2.29. The van der Waals surface area contributed by atoms with Crippen molar-refractivity contribution in [3.05, 3.63) is 0 Å². The average molecular weight is 629 g/mol. The van der Waals surface area contributed by atoms with Gasteiger partial charge in [-0.1, -0.05) is 187 Å². The van der Waals surface area contributed by atoms with Gasteiger partial charge in [-0.25, -0.2) is 0 Å². The molecule has 0 bridgehead atoms. The van der Waals surface area contributed by atoms with E-state index in [0.717, 1.165) is 25.7 Å². The van der Waals surface area contributed by atoms with Gasteiger partial charge in [-0.3, -0.25) is 0 Å². The predicted octanol–water partition coefficient (Wildman–Crippen LogP) is 13.0. The second kappa shape index (κ2) is 26.3. The molecule has 0 fully saturated rings. The Bertz CT molecular complexity index is 669. The van der Waals surface area contributed by atoms with Crippen LogP contribution in [0.25, 0.3) is 0 Å². The third-order valence-corrected chi connectivity index (χ3v) is 13.1. The molecule has 0 N–H and O–H groups in total. The number of rotatable bonds is 31. The maximum absolute atomic E-state index is 12.5. The Morgan fingerprint density at radius 1 is 0.463 bits per heavy atom. The summed E-state index contributed by atoms with van der Waals surface area (Å²) in [5.41, 5.74) is -5.33. The van der Waals surface area contributed by atoms with Gasteiger partial charge in [-0.05, 0) is 19.1 Å². The van der Waals surface area contributed by atoms with Gasteiger partial charge in [0, 0.05) is 0 Å². The number of hydrogen-bond acceptors (Lipinski definition) is 3. The first-order valence-corrected chi connectivity index (χ1v) is 22.1. The lowest BCUT2D eigenvalue weighted by atomic mass is 10.0. The van der Waals surface area contributed by atoms with Crippen LogP contribution in [0.15, 0.2) is 0 Å². The van der Waals surface area contributed by atoms with Gasteiger partial charge >= 0.3 is 15.6 Å². The number of halogens is 3. The normalized spacial score (nSPS) is 12.8. The van der Waals surface area contributed by atoms with E-state index in [1.54, 1.807) is 0 Å². The van der Waals surface area contributed by atoms with Gasteiger partial charge in [0.1, 0.15) is 0 Å². The van der Waals surface area contributed by atoms with Gasteiger partial charge < -0.3 is 3.87 Å². The maximum atomic E-state index is 12.5. The third-order valence-electron chi connectivity index (χ3n) is 8.25. The number of alkyl halides is 3. The van der Waals surface area contributed by atoms with Crippen LogP contribution in [0.3, 0.4) is 0 Å². The van der Waals surface area contributed by atoms with E-state index < -0.39 is 23.9 Å². The van der Waals surface area contributed by atoms with Crippen LogP contribution in [-0.4, -0.2) is 22.2 Å². The molecular weight excluding hydrogens is 562 g/mol. The van der Waals surface area contributed by atoms with Crippen LogP contribution in [-0.2, 0) is 14.0 Å². The van der Waals surface area contributed by atoms with Crippen molar-refractivity contribution in [2.24, 2.45) is 0 Å². The van der Waals surface area contributed by atoms with Crippen LogP contribution in [0.5, 0.6) is 0 Å². The van der Waals surface area contributed by atoms with Gasteiger partial charge in [0.25, 0.3) is 0 Å². The number of unbranched alkanes of at least 4 members (excludes halogenated alkanes) is 27. The van der Waals surface area contributed by atoms with Crippen LogP contribution >= 0.6 is 0 Å². The molecule has 41 heavy (non-hydrogen) atoms. The molecular formula is C33H67F3O3SSi. The van der Waals surface area contributed by atoms with E-state index >= 15 is 0 Å². The van der Waals surface area contributed by atoms with Crippen LogP contribution in [0.1, 0.15) is 187 Å². The van der Waals surface area contributed by atoms with E-state index in [-0.39, 0.29) is 0 Å². The van der Waals surface area contributed by atoms with Crippen LogP contribution < -0.4 is 0 Å². The lowest BCUT2D eigenvalue weighted by molar-refractivity contribution is -0.0503. The standard InChI is InChI=1S/C33H67F3O3SSi/c1-4-5-6-7-8-9-10-11-12-13-14-15-16-17-18-19-20-21-22-23-24-25-26-27-28-29-30-31-32-41(2,3)39-40(37,38)33(34,35)36/h4-32H2,1-3H3. The first-order chi connectivity index (χ1) is 19.5. The molecule has 0 aromatic carbocycles. The fourth-order valence-electron chi connectivity index (χ4n) is 5.61. The van der Waals surface area contributed by atoms with Crippen molar-refractivity contribution >= 4 is 18.4 Å². The van der Waals surface area contributed by atoms with Gasteiger partial charge in [-0.2, -0.15) is 21.6 Å². The Balaban J connectivity index is 3.28. The third kappa shape index (κ3) is 27.2. The zero-order valence-electron chi connectivity index (χ0n) is 27.3.